The first kappa shape index (κ1) is 15.2. The lowest BCUT2D eigenvalue weighted by atomic mass is 10.0. The van der Waals surface area contributed by atoms with Gasteiger partial charge in [0, 0.05) is 17.6 Å². The molecule has 1 atom stereocenters. The van der Waals surface area contributed by atoms with Gasteiger partial charge in [-0.05, 0) is 36.8 Å². The van der Waals surface area contributed by atoms with Crippen LogP contribution in [0.4, 0.5) is 0 Å². The Bertz CT molecular complexity index is 731. The zero-order chi connectivity index (χ0) is 16.2. The standard InChI is InChI=1S/C19H18O4/c1-2-22-16-9-7-13(8-10-16)18-12-15(19(20)21)11-14-5-3-4-6-17(14)23-18/h3-11,18H,2,12H2,1H3,(H,20,21). The fourth-order valence-electron chi connectivity index (χ4n) is 2.63. The van der Waals surface area contributed by atoms with E-state index in [-0.39, 0.29) is 6.10 Å². The summed E-state index contributed by atoms with van der Waals surface area (Å²) in [7, 11) is 0. The highest BCUT2D eigenvalue weighted by molar-refractivity contribution is 5.93. The Balaban J connectivity index is 1.94. The number of aliphatic carboxylic acids is 1. The Morgan fingerprint density at radius 3 is 2.65 bits per heavy atom. The molecule has 0 fully saturated rings. The van der Waals surface area contributed by atoms with E-state index in [1.165, 1.54) is 0 Å². The molecule has 0 saturated carbocycles. The second-order valence-corrected chi connectivity index (χ2v) is 5.33. The van der Waals surface area contributed by atoms with Crippen molar-refractivity contribution >= 4 is 12.0 Å². The minimum absolute atomic E-state index is 0.317. The summed E-state index contributed by atoms with van der Waals surface area (Å²) in [6, 6.07) is 15.1. The fraction of sp³-hybridized carbons (Fsp3) is 0.211. The molecular formula is C19H18O4. The highest BCUT2D eigenvalue weighted by Crippen LogP contribution is 2.35. The highest BCUT2D eigenvalue weighted by atomic mass is 16.5. The predicted molar refractivity (Wildman–Crippen MR) is 87.7 cm³/mol. The average Bonchev–Trinajstić information content (AvgIpc) is 2.75. The number of carboxylic acid groups (broad SMARTS) is 1. The molecule has 3 rings (SSSR count). The van der Waals surface area contributed by atoms with Gasteiger partial charge >= 0.3 is 5.97 Å². The summed E-state index contributed by atoms with van der Waals surface area (Å²) in [6.45, 7) is 2.54. The van der Waals surface area contributed by atoms with E-state index in [2.05, 4.69) is 0 Å². The van der Waals surface area contributed by atoms with Crippen LogP contribution < -0.4 is 9.47 Å². The van der Waals surface area contributed by atoms with Crippen molar-refractivity contribution in [1.82, 2.24) is 0 Å². The maximum Gasteiger partial charge on any atom is 0.331 e. The Kier molecular flexibility index (Phi) is 4.33. The first-order valence-corrected chi connectivity index (χ1v) is 7.59. The van der Waals surface area contributed by atoms with Crippen molar-refractivity contribution in [1.29, 1.82) is 0 Å². The lowest BCUT2D eigenvalue weighted by Crippen LogP contribution is -2.11. The van der Waals surface area contributed by atoms with E-state index in [1.54, 1.807) is 6.08 Å². The number of benzene rings is 2. The molecule has 118 valence electrons. The molecule has 0 radical (unpaired) electrons. The van der Waals surface area contributed by atoms with Gasteiger partial charge in [-0.15, -0.1) is 0 Å². The van der Waals surface area contributed by atoms with Crippen LogP contribution in [0.25, 0.3) is 6.08 Å². The van der Waals surface area contributed by atoms with E-state index in [0.717, 1.165) is 16.9 Å². The third-order valence-electron chi connectivity index (χ3n) is 3.76. The molecule has 4 heteroatoms. The number of hydrogen-bond donors (Lipinski definition) is 1. The maximum atomic E-state index is 11.5. The van der Waals surface area contributed by atoms with Gasteiger partial charge in [0.25, 0.3) is 0 Å². The fourth-order valence-corrected chi connectivity index (χ4v) is 2.63. The van der Waals surface area contributed by atoms with Gasteiger partial charge in [-0.3, -0.25) is 0 Å². The molecule has 4 nitrogen and oxygen atoms in total. The molecule has 1 N–H and O–H groups in total. The van der Waals surface area contributed by atoms with E-state index < -0.39 is 5.97 Å². The maximum absolute atomic E-state index is 11.5. The predicted octanol–water partition coefficient (Wildman–Crippen LogP) is 4.08. The summed E-state index contributed by atoms with van der Waals surface area (Å²) >= 11 is 0. The zero-order valence-corrected chi connectivity index (χ0v) is 12.9. The average molecular weight is 310 g/mol. The largest absolute Gasteiger partial charge is 0.494 e. The third-order valence-corrected chi connectivity index (χ3v) is 3.76. The summed E-state index contributed by atoms with van der Waals surface area (Å²) in [5.41, 5.74) is 2.06. The van der Waals surface area contributed by atoms with Crippen molar-refractivity contribution < 1.29 is 19.4 Å². The summed E-state index contributed by atoms with van der Waals surface area (Å²) in [5, 5.41) is 9.42. The van der Waals surface area contributed by atoms with Gasteiger partial charge in [0.05, 0.1) is 6.61 Å². The van der Waals surface area contributed by atoms with E-state index in [9.17, 15) is 9.90 Å². The van der Waals surface area contributed by atoms with Gasteiger partial charge in [0.15, 0.2) is 0 Å². The van der Waals surface area contributed by atoms with Crippen LogP contribution in [0, 0.1) is 0 Å². The molecule has 0 aliphatic carbocycles. The molecule has 1 heterocycles. The Morgan fingerprint density at radius 2 is 1.96 bits per heavy atom. The van der Waals surface area contributed by atoms with Crippen LogP contribution in [0.1, 0.15) is 30.6 Å². The van der Waals surface area contributed by atoms with Gasteiger partial charge in [-0.2, -0.15) is 0 Å². The third kappa shape index (κ3) is 3.37. The van der Waals surface area contributed by atoms with Crippen molar-refractivity contribution in [2.45, 2.75) is 19.4 Å². The molecule has 0 spiro atoms. The number of carboxylic acids is 1. The second-order valence-electron chi connectivity index (χ2n) is 5.33. The quantitative estimate of drug-likeness (QED) is 0.924. The van der Waals surface area contributed by atoms with Crippen LogP contribution in [0.2, 0.25) is 0 Å². The van der Waals surface area contributed by atoms with Crippen molar-refractivity contribution in [3.8, 4) is 11.5 Å². The van der Waals surface area contributed by atoms with Crippen molar-refractivity contribution in [2.75, 3.05) is 6.61 Å². The van der Waals surface area contributed by atoms with Gasteiger partial charge in [0.1, 0.15) is 17.6 Å². The minimum Gasteiger partial charge on any atom is -0.494 e. The molecule has 2 aromatic rings. The Labute approximate surface area is 135 Å². The molecule has 0 amide bonds. The lowest BCUT2D eigenvalue weighted by molar-refractivity contribution is -0.132. The first-order chi connectivity index (χ1) is 11.2. The van der Waals surface area contributed by atoms with Crippen molar-refractivity contribution in [2.24, 2.45) is 0 Å². The molecule has 1 aliphatic heterocycles. The number of hydrogen-bond acceptors (Lipinski definition) is 3. The molecule has 23 heavy (non-hydrogen) atoms. The SMILES string of the molecule is CCOc1ccc(C2CC(C(=O)O)=Cc3ccccc3O2)cc1. The molecule has 0 aromatic heterocycles. The van der Waals surface area contributed by atoms with Crippen LogP contribution >= 0.6 is 0 Å². The summed E-state index contributed by atoms with van der Waals surface area (Å²) in [6.07, 6.45) is 1.67. The lowest BCUT2D eigenvalue weighted by Gasteiger charge is -2.19. The highest BCUT2D eigenvalue weighted by Gasteiger charge is 2.23. The molecule has 2 aromatic carbocycles. The number of ether oxygens (including phenoxy) is 2. The van der Waals surface area contributed by atoms with E-state index in [4.69, 9.17) is 9.47 Å². The summed E-state index contributed by atoms with van der Waals surface area (Å²) in [5.74, 6) is 0.572. The van der Waals surface area contributed by atoms with E-state index in [1.807, 2.05) is 55.5 Å². The number of carbonyl (C=O) groups is 1. The van der Waals surface area contributed by atoms with Crippen molar-refractivity contribution in [3.63, 3.8) is 0 Å². The summed E-state index contributed by atoms with van der Waals surface area (Å²) in [4.78, 5) is 11.5. The zero-order valence-electron chi connectivity index (χ0n) is 12.9. The van der Waals surface area contributed by atoms with Crippen LogP contribution in [0.3, 0.4) is 0 Å². The van der Waals surface area contributed by atoms with Gasteiger partial charge in [0.2, 0.25) is 0 Å². The van der Waals surface area contributed by atoms with Gasteiger partial charge in [-0.25, -0.2) is 4.79 Å². The Hall–Kier alpha value is -2.75. The van der Waals surface area contributed by atoms with E-state index >= 15 is 0 Å². The monoisotopic (exact) mass is 310 g/mol. The van der Waals surface area contributed by atoms with Gasteiger partial charge < -0.3 is 14.6 Å². The first-order valence-electron chi connectivity index (χ1n) is 7.59. The number of para-hydroxylation sites is 1. The Morgan fingerprint density at radius 1 is 1.22 bits per heavy atom. The number of rotatable bonds is 4. The summed E-state index contributed by atoms with van der Waals surface area (Å²) < 4.78 is 11.5. The van der Waals surface area contributed by atoms with E-state index in [0.29, 0.717) is 24.4 Å². The molecule has 0 saturated heterocycles. The second kappa shape index (κ2) is 6.57. The number of fused-ring (bicyclic) bond motifs is 1. The van der Waals surface area contributed by atoms with Gasteiger partial charge in [-0.1, -0.05) is 30.3 Å². The molecule has 0 bridgehead atoms. The van der Waals surface area contributed by atoms with Crippen LogP contribution in [-0.2, 0) is 4.79 Å². The molecule has 1 aliphatic rings. The van der Waals surface area contributed by atoms with Crippen molar-refractivity contribution in [3.05, 3.63) is 65.2 Å². The molecular weight excluding hydrogens is 292 g/mol. The minimum atomic E-state index is -0.916. The smallest absolute Gasteiger partial charge is 0.331 e. The van der Waals surface area contributed by atoms with Crippen LogP contribution in [-0.4, -0.2) is 17.7 Å². The topological polar surface area (TPSA) is 55.8 Å². The molecule has 1 unspecified atom stereocenters. The normalized spacial score (nSPS) is 16.6. The van der Waals surface area contributed by atoms with Crippen LogP contribution in [0.15, 0.2) is 54.1 Å². The van der Waals surface area contributed by atoms with Crippen LogP contribution in [0.5, 0.6) is 11.5 Å².